The van der Waals surface area contributed by atoms with Gasteiger partial charge >= 0.3 is 6.09 Å². The number of benzene rings is 1. The SMILES string of the molecule is CC(NNC(=O)OC(C)(C)C)c1cc2cc(Br)ccc2o1. The molecule has 114 valence electrons. The van der Waals surface area contributed by atoms with Crippen LogP contribution in [0, 0.1) is 0 Å². The normalized spacial score (nSPS) is 13.2. The largest absolute Gasteiger partial charge is 0.459 e. The van der Waals surface area contributed by atoms with E-state index in [0.717, 1.165) is 21.2 Å². The number of rotatable bonds is 3. The van der Waals surface area contributed by atoms with Gasteiger partial charge in [-0.1, -0.05) is 15.9 Å². The molecule has 21 heavy (non-hydrogen) atoms. The smallest absolute Gasteiger partial charge is 0.422 e. The number of nitrogens with one attached hydrogen (secondary N) is 2. The third kappa shape index (κ3) is 4.47. The van der Waals surface area contributed by atoms with Crippen molar-refractivity contribution in [3.63, 3.8) is 0 Å². The molecule has 0 aliphatic rings. The molecule has 0 radical (unpaired) electrons. The van der Waals surface area contributed by atoms with E-state index >= 15 is 0 Å². The van der Waals surface area contributed by atoms with Crippen LogP contribution in [0.25, 0.3) is 11.0 Å². The van der Waals surface area contributed by atoms with Crippen molar-refractivity contribution in [2.75, 3.05) is 0 Å². The molecule has 1 atom stereocenters. The lowest BCUT2D eigenvalue weighted by Gasteiger charge is -2.20. The first-order valence-corrected chi connectivity index (χ1v) is 7.47. The molecule has 2 rings (SSSR count). The maximum absolute atomic E-state index is 11.6. The van der Waals surface area contributed by atoms with Crippen molar-refractivity contribution < 1.29 is 13.9 Å². The van der Waals surface area contributed by atoms with E-state index < -0.39 is 11.7 Å². The Morgan fingerprint density at radius 1 is 1.33 bits per heavy atom. The fourth-order valence-electron chi connectivity index (χ4n) is 1.79. The van der Waals surface area contributed by atoms with Gasteiger partial charge in [-0.3, -0.25) is 5.43 Å². The van der Waals surface area contributed by atoms with Gasteiger partial charge in [0.2, 0.25) is 0 Å². The summed E-state index contributed by atoms with van der Waals surface area (Å²) in [6, 6.07) is 7.57. The molecule has 5 nitrogen and oxygen atoms in total. The summed E-state index contributed by atoms with van der Waals surface area (Å²) in [7, 11) is 0. The van der Waals surface area contributed by atoms with Crippen LogP contribution in [-0.2, 0) is 4.74 Å². The van der Waals surface area contributed by atoms with E-state index in [-0.39, 0.29) is 6.04 Å². The van der Waals surface area contributed by atoms with Crippen molar-refractivity contribution in [2.24, 2.45) is 0 Å². The van der Waals surface area contributed by atoms with Gasteiger partial charge in [0.05, 0.1) is 6.04 Å². The van der Waals surface area contributed by atoms with Crippen LogP contribution in [0.2, 0.25) is 0 Å². The first kappa shape index (κ1) is 15.9. The highest BCUT2D eigenvalue weighted by molar-refractivity contribution is 9.10. The standard InChI is InChI=1S/C15H19BrN2O3/c1-9(17-18-14(19)21-15(2,3)4)13-8-10-7-11(16)5-6-12(10)20-13/h5-9,17H,1-4H3,(H,18,19). The maximum Gasteiger partial charge on any atom is 0.422 e. The molecule has 0 aliphatic carbocycles. The average molecular weight is 355 g/mol. The molecule has 0 aliphatic heterocycles. The Labute approximate surface area is 132 Å². The van der Waals surface area contributed by atoms with Crippen LogP contribution in [0.15, 0.2) is 33.2 Å². The molecular formula is C15H19BrN2O3. The second-order valence-corrected chi connectivity index (χ2v) is 6.74. The monoisotopic (exact) mass is 354 g/mol. The lowest BCUT2D eigenvalue weighted by Crippen LogP contribution is -2.42. The van der Waals surface area contributed by atoms with Gasteiger partial charge in [0.25, 0.3) is 0 Å². The number of ether oxygens (including phenoxy) is 1. The van der Waals surface area contributed by atoms with E-state index in [4.69, 9.17) is 9.15 Å². The summed E-state index contributed by atoms with van der Waals surface area (Å²) >= 11 is 3.43. The first-order valence-electron chi connectivity index (χ1n) is 6.68. The number of amides is 1. The van der Waals surface area contributed by atoms with Gasteiger partial charge < -0.3 is 9.15 Å². The van der Waals surface area contributed by atoms with Crippen molar-refractivity contribution in [1.82, 2.24) is 10.9 Å². The molecule has 0 fully saturated rings. The number of hydrogen-bond donors (Lipinski definition) is 2. The molecule has 1 amide bonds. The topological polar surface area (TPSA) is 63.5 Å². The van der Waals surface area contributed by atoms with Crippen molar-refractivity contribution >= 4 is 33.0 Å². The molecule has 1 aromatic heterocycles. The minimum atomic E-state index is -0.527. The molecule has 1 heterocycles. The van der Waals surface area contributed by atoms with Crippen molar-refractivity contribution in [3.05, 3.63) is 34.5 Å². The summed E-state index contributed by atoms with van der Waals surface area (Å²) in [6.07, 6.45) is -0.520. The van der Waals surface area contributed by atoms with Gasteiger partial charge in [0.1, 0.15) is 16.9 Å². The van der Waals surface area contributed by atoms with E-state index in [2.05, 4.69) is 26.8 Å². The minimum absolute atomic E-state index is 0.177. The van der Waals surface area contributed by atoms with Crippen LogP contribution in [-0.4, -0.2) is 11.7 Å². The van der Waals surface area contributed by atoms with Crippen molar-refractivity contribution in [2.45, 2.75) is 39.3 Å². The van der Waals surface area contributed by atoms with Gasteiger partial charge in [-0.25, -0.2) is 10.2 Å². The number of furan rings is 1. The highest BCUT2D eigenvalue weighted by Gasteiger charge is 2.17. The van der Waals surface area contributed by atoms with Crippen LogP contribution in [0.4, 0.5) is 4.79 Å². The fourth-order valence-corrected chi connectivity index (χ4v) is 2.17. The lowest BCUT2D eigenvalue weighted by atomic mass is 10.2. The molecule has 2 aromatic rings. The predicted octanol–water partition coefficient (Wildman–Crippen LogP) is 4.29. The summed E-state index contributed by atoms with van der Waals surface area (Å²) in [5.41, 5.74) is 5.66. The van der Waals surface area contributed by atoms with Gasteiger partial charge in [0.15, 0.2) is 0 Å². The first-order chi connectivity index (χ1) is 9.74. The molecule has 2 N–H and O–H groups in total. The molecule has 0 spiro atoms. The highest BCUT2D eigenvalue weighted by Crippen LogP contribution is 2.26. The Kier molecular flexibility index (Phi) is 4.58. The van der Waals surface area contributed by atoms with Crippen LogP contribution >= 0.6 is 15.9 Å². The Hall–Kier alpha value is -1.53. The molecular weight excluding hydrogens is 336 g/mol. The molecule has 0 bridgehead atoms. The van der Waals surface area contributed by atoms with Crippen LogP contribution in [0.1, 0.15) is 39.5 Å². The third-order valence-corrected chi connectivity index (χ3v) is 3.21. The van der Waals surface area contributed by atoms with Crippen LogP contribution in [0.3, 0.4) is 0 Å². The summed E-state index contributed by atoms with van der Waals surface area (Å²) < 4.78 is 11.9. The fraction of sp³-hybridized carbons (Fsp3) is 0.400. The molecule has 1 aromatic carbocycles. The Morgan fingerprint density at radius 3 is 2.71 bits per heavy atom. The van der Waals surface area contributed by atoms with Crippen LogP contribution in [0.5, 0.6) is 0 Å². The minimum Gasteiger partial charge on any atom is -0.459 e. The van der Waals surface area contributed by atoms with Gasteiger partial charge in [-0.15, -0.1) is 0 Å². The van der Waals surface area contributed by atoms with Crippen molar-refractivity contribution in [3.8, 4) is 0 Å². The van der Waals surface area contributed by atoms with E-state index in [0.29, 0.717) is 0 Å². The molecule has 0 saturated heterocycles. The van der Waals surface area contributed by atoms with Crippen molar-refractivity contribution in [1.29, 1.82) is 0 Å². The molecule has 0 saturated carbocycles. The lowest BCUT2D eigenvalue weighted by molar-refractivity contribution is 0.0487. The van der Waals surface area contributed by atoms with E-state index in [1.54, 1.807) is 0 Å². The zero-order valence-corrected chi connectivity index (χ0v) is 14.1. The number of hydrazine groups is 1. The summed E-state index contributed by atoms with van der Waals surface area (Å²) in [4.78, 5) is 11.6. The molecule has 6 heteroatoms. The second-order valence-electron chi connectivity index (χ2n) is 5.82. The van der Waals surface area contributed by atoms with E-state index in [1.807, 2.05) is 52.0 Å². The van der Waals surface area contributed by atoms with E-state index in [1.165, 1.54) is 0 Å². The Morgan fingerprint density at radius 2 is 2.05 bits per heavy atom. The van der Waals surface area contributed by atoms with Crippen LogP contribution < -0.4 is 10.9 Å². The summed E-state index contributed by atoms with van der Waals surface area (Å²) in [6.45, 7) is 7.33. The van der Waals surface area contributed by atoms with Gasteiger partial charge in [-0.05, 0) is 52.0 Å². The summed E-state index contributed by atoms with van der Waals surface area (Å²) in [5.74, 6) is 0.735. The second kappa shape index (κ2) is 6.07. The quantitative estimate of drug-likeness (QED) is 0.807. The number of fused-ring (bicyclic) bond motifs is 1. The number of carbonyl (C=O) groups excluding carboxylic acids is 1. The summed E-state index contributed by atoms with van der Waals surface area (Å²) in [5, 5.41) is 1.00. The maximum atomic E-state index is 11.6. The Bertz CT molecular complexity index is 646. The Balaban J connectivity index is 1.99. The average Bonchev–Trinajstić information content (AvgIpc) is 2.76. The number of hydrogen-bond acceptors (Lipinski definition) is 4. The highest BCUT2D eigenvalue weighted by atomic mass is 79.9. The predicted molar refractivity (Wildman–Crippen MR) is 84.8 cm³/mol. The van der Waals surface area contributed by atoms with Gasteiger partial charge in [-0.2, -0.15) is 0 Å². The third-order valence-electron chi connectivity index (χ3n) is 2.71. The number of halogens is 1. The zero-order chi connectivity index (χ0) is 15.6. The van der Waals surface area contributed by atoms with Gasteiger partial charge in [0, 0.05) is 9.86 Å². The number of carbonyl (C=O) groups is 1. The van der Waals surface area contributed by atoms with E-state index in [9.17, 15) is 4.79 Å². The molecule has 1 unspecified atom stereocenters. The zero-order valence-electron chi connectivity index (χ0n) is 12.5.